The number of thioether (sulfide) groups is 1. The molecule has 0 aliphatic rings. The van der Waals surface area contributed by atoms with E-state index in [2.05, 4.69) is 35.1 Å². The number of nitrogens with one attached hydrogen (secondary N) is 1. The highest BCUT2D eigenvalue weighted by Crippen LogP contribution is 2.20. The number of hydrogen-bond donors (Lipinski definition) is 1. The van der Waals surface area contributed by atoms with Crippen molar-refractivity contribution in [3.63, 3.8) is 0 Å². The van der Waals surface area contributed by atoms with Gasteiger partial charge in [0.25, 0.3) is 0 Å². The van der Waals surface area contributed by atoms with Crippen LogP contribution in [0.4, 0.5) is 0 Å². The average Bonchev–Trinajstić information content (AvgIpc) is 2.70. The normalized spacial score (nSPS) is 11.9. The molecule has 0 spiro atoms. The third-order valence-electron chi connectivity index (χ3n) is 4.42. The smallest absolute Gasteiger partial charge is 0.242 e. The Balaban J connectivity index is 2.05. The Morgan fingerprint density at radius 2 is 1.79 bits per heavy atom. The van der Waals surface area contributed by atoms with Crippen molar-refractivity contribution in [2.45, 2.75) is 44.7 Å². The highest BCUT2D eigenvalue weighted by atomic mass is 79.9. The van der Waals surface area contributed by atoms with Crippen molar-refractivity contribution >= 4 is 39.5 Å². The van der Waals surface area contributed by atoms with Gasteiger partial charge >= 0.3 is 0 Å². The molecule has 29 heavy (non-hydrogen) atoms. The Labute approximate surface area is 186 Å². The molecule has 156 valence electrons. The number of carbonyl (C=O) groups excluding carboxylic acids is 2. The minimum Gasteiger partial charge on any atom is -0.354 e. The first kappa shape index (κ1) is 23.5. The highest BCUT2D eigenvalue weighted by molar-refractivity contribution is 9.10. The van der Waals surface area contributed by atoms with E-state index in [-0.39, 0.29) is 11.8 Å². The van der Waals surface area contributed by atoms with E-state index in [0.29, 0.717) is 31.2 Å². The fourth-order valence-corrected chi connectivity index (χ4v) is 4.09. The van der Waals surface area contributed by atoms with Gasteiger partial charge in [-0.05, 0) is 42.7 Å². The number of rotatable bonds is 10. The van der Waals surface area contributed by atoms with E-state index < -0.39 is 6.04 Å². The zero-order chi connectivity index (χ0) is 21.2. The van der Waals surface area contributed by atoms with Crippen LogP contribution < -0.4 is 5.32 Å². The lowest BCUT2D eigenvalue weighted by Gasteiger charge is -2.29. The van der Waals surface area contributed by atoms with E-state index in [0.717, 1.165) is 14.9 Å². The SMILES string of the molecule is CC(C)CNC(=O)[C@@H](C)N(Cc1cccc(Br)c1)C(=O)CCSc1ccccc1. The maximum absolute atomic E-state index is 13.0. The third-order valence-corrected chi connectivity index (χ3v) is 5.93. The minimum atomic E-state index is -0.526. The lowest BCUT2D eigenvalue weighted by atomic mass is 10.1. The monoisotopic (exact) mass is 476 g/mol. The van der Waals surface area contributed by atoms with Crippen molar-refractivity contribution in [2.75, 3.05) is 12.3 Å². The van der Waals surface area contributed by atoms with Crippen LogP contribution in [0, 0.1) is 5.92 Å². The van der Waals surface area contributed by atoms with Gasteiger partial charge in [-0.25, -0.2) is 0 Å². The van der Waals surface area contributed by atoms with Crippen molar-refractivity contribution in [1.82, 2.24) is 10.2 Å². The second kappa shape index (κ2) is 12.0. The van der Waals surface area contributed by atoms with Crippen molar-refractivity contribution < 1.29 is 9.59 Å². The fraction of sp³-hybridized carbons (Fsp3) is 0.391. The van der Waals surface area contributed by atoms with E-state index in [9.17, 15) is 9.59 Å². The lowest BCUT2D eigenvalue weighted by molar-refractivity contribution is -0.140. The Morgan fingerprint density at radius 1 is 1.07 bits per heavy atom. The molecule has 0 fully saturated rings. The third kappa shape index (κ3) is 8.23. The van der Waals surface area contributed by atoms with Crippen LogP contribution in [0.2, 0.25) is 0 Å². The van der Waals surface area contributed by atoms with Gasteiger partial charge < -0.3 is 10.2 Å². The molecular formula is C23H29BrN2O2S. The lowest BCUT2D eigenvalue weighted by Crippen LogP contribution is -2.48. The van der Waals surface area contributed by atoms with Crippen LogP contribution >= 0.6 is 27.7 Å². The second-order valence-electron chi connectivity index (χ2n) is 7.38. The molecule has 0 unspecified atom stereocenters. The summed E-state index contributed by atoms with van der Waals surface area (Å²) in [7, 11) is 0. The van der Waals surface area contributed by atoms with Gasteiger partial charge in [-0.15, -0.1) is 11.8 Å². The number of halogens is 1. The van der Waals surface area contributed by atoms with Crippen LogP contribution in [-0.2, 0) is 16.1 Å². The number of hydrogen-bond acceptors (Lipinski definition) is 3. The summed E-state index contributed by atoms with van der Waals surface area (Å²) in [6.45, 7) is 6.92. The summed E-state index contributed by atoms with van der Waals surface area (Å²) >= 11 is 5.13. The van der Waals surface area contributed by atoms with Gasteiger partial charge in [0.15, 0.2) is 0 Å². The highest BCUT2D eigenvalue weighted by Gasteiger charge is 2.26. The van der Waals surface area contributed by atoms with E-state index in [1.165, 1.54) is 0 Å². The molecule has 0 radical (unpaired) electrons. The Kier molecular flexibility index (Phi) is 9.74. The molecule has 0 aromatic heterocycles. The summed E-state index contributed by atoms with van der Waals surface area (Å²) in [6, 6.07) is 17.4. The summed E-state index contributed by atoms with van der Waals surface area (Å²) in [5, 5.41) is 2.95. The number of amides is 2. The predicted molar refractivity (Wildman–Crippen MR) is 124 cm³/mol. The minimum absolute atomic E-state index is 0.0133. The number of nitrogens with zero attached hydrogens (tertiary/aromatic N) is 1. The van der Waals surface area contributed by atoms with Gasteiger partial charge in [0.1, 0.15) is 6.04 Å². The van der Waals surface area contributed by atoms with E-state index >= 15 is 0 Å². The molecule has 0 bridgehead atoms. The van der Waals surface area contributed by atoms with Crippen molar-refractivity contribution in [3.8, 4) is 0 Å². The summed E-state index contributed by atoms with van der Waals surface area (Å²) < 4.78 is 0.957. The number of benzene rings is 2. The van der Waals surface area contributed by atoms with Crippen LogP contribution in [0.25, 0.3) is 0 Å². The molecule has 2 rings (SSSR count). The standard InChI is InChI=1S/C23H29BrN2O2S/c1-17(2)15-25-23(28)18(3)26(16-19-8-7-9-20(24)14-19)22(27)12-13-29-21-10-5-4-6-11-21/h4-11,14,17-18H,12-13,15-16H2,1-3H3,(H,25,28)/t18-/m1/s1. The molecule has 6 heteroatoms. The van der Waals surface area contributed by atoms with E-state index in [1.807, 2.05) is 54.6 Å². The Morgan fingerprint density at radius 3 is 2.45 bits per heavy atom. The molecule has 1 atom stereocenters. The van der Waals surface area contributed by atoms with Gasteiger partial charge in [-0.3, -0.25) is 9.59 Å². The zero-order valence-corrected chi connectivity index (χ0v) is 19.6. The van der Waals surface area contributed by atoms with Gasteiger partial charge in [0.05, 0.1) is 0 Å². The summed E-state index contributed by atoms with van der Waals surface area (Å²) in [5.41, 5.74) is 0.993. The van der Waals surface area contributed by atoms with Crippen LogP contribution in [0.1, 0.15) is 32.8 Å². The molecular weight excluding hydrogens is 448 g/mol. The Hall–Kier alpha value is -1.79. The summed E-state index contributed by atoms with van der Waals surface area (Å²) in [5.74, 6) is 0.916. The molecule has 1 N–H and O–H groups in total. The zero-order valence-electron chi connectivity index (χ0n) is 17.2. The second-order valence-corrected chi connectivity index (χ2v) is 9.46. The van der Waals surface area contributed by atoms with Crippen molar-refractivity contribution in [2.24, 2.45) is 5.92 Å². The van der Waals surface area contributed by atoms with Crippen LogP contribution in [0.5, 0.6) is 0 Å². The van der Waals surface area contributed by atoms with Gasteiger partial charge in [-0.2, -0.15) is 0 Å². The van der Waals surface area contributed by atoms with Gasteiger partial charge in [-0.1, -0.05) is 60.1 Å². The molecule has 2 aromatic rings. The quantitative estimate of drug-likeness (QED) is 0.484. The first-order valence-corrected chi connectivity index (χ1v) is 11.6. The Bertz CT molecular complexity index is 798. The molecule has 0 saturated heterocycles. The largest absolute Gasteiger partial charge is 0.354 e. The fourth-order valence-electron chi connectivity index (χ4n) is 2.78. The summed E-state index contributed by atoms with van der Waals surface area (Å²) in [4.78, 5) is 28.5. The molecule has 0 aliphatic carbocycles. The van der Waals surface area contributed by atoms with Crippen LogP contribution in [0.3, 0.4) is 0 Å². The maximum Gasteiger partial charge on any atom is 0.242 e. The van der Waals surface area contributed by atoms with Crippen molar-refractivity contribution in [3.05, 3.63) is 64.6 Å². The van der Waals surface area contributed by atoms with Gasteiger partial charge in [0.2, 0.25) is 11.8 Å². The topological polar surface area (TPSA) is 49.4 Å². The van der Waals surface area contributed by atoms with Gasteiger partial charge in [0, 0.05) is 34.6 Å². The maximum atomic E-state index is 13.0. The molecule has 2 aromatic carbocycles. The molecule has 0 heterocycles. The molecule has 4 nitrogen and oxygen atoms in total. The molecule has 2 amide bonds. The average molecular weight is 477 g/mol. The van der Waals surface area contributed by atoms with Crippen molar-refractivity contribution in [1.29, 1.82) is 0 Å². The summed E-state index contributed by atoms with van der Waals surface area (Å²) in [6.07, 6.45) is 0.384. The van der Waals surface area contributed by atoms with Crippen LogP contribution in [-0.4, -0.2) is 35.1 Å². The van der Waals surface area contributed by atoms with E-state index in [1.54, 1.807) is 23.6 Å². The van der Waals surface area contributed by atoms with E-state index in [4.69, 9.17) is 0 Å². The van der Waals surface area contributed by atoms with Crippen LogP contribution in [0.15, 0.2) is 64.0 Å². The predicted octanol–water partition coefficient (Wildman–Crippen LogP) is 5.12. The first-order valence-electron chi connectivity index (χ1n) is 9.86. The molecule has 0 saturated carbocycles. The first-order chi connectivity index (χ1) is 13.9. The number of carbonyl (C=O) groups is 2. The molecule has 0 aliphatic heterocycles.